The van der Waals surface area contributed by atoms with Crippen LogP contribution in [0.15, 0.2) is 29.3 Å². The van der Waals surface area contributed by atoms with Crippen LogP contribution < -0.4 is 0 Å². The summed E-state index contributed by atoms with van der Waals surface area (Å²) in [5.41, 5.74) is 2.78. The zero-order chi connectivity index (χ0) is 21.7. The molecular weight excluding hydrogens is 478 g/mol. The maximum Gasteiger partial charge on any atom is 0.146 e. The van der Waals surface area contributed by atoms with Crippen LogP contribution in [-0.4, -0.2) is 54.4 Å². The average molecular weight is 511 g/mol. The Morgan fingerprint density at radius 3 is 2.60 bits per heavy atom. The lowest BCUT2D eigenvalue weighted by atomic mass is 10.3. The van der Waals surface area contributed by atoms with Gasteiger partial charge in [-0.05, 0) is 34.1 Å². The third-order valence-corrected chi connectivity index (χ3v) is 8.30. The molecule has 0 spiro atoms. The van der Waals surface area contributed by atoms with E-state index in [1.165, 1.54) is 6.04 Å². The van der Waals surface area contributed by atoms with Crippen molar-refractivity contribution in [3.63, 3.8) is 0 Å². The number of hydrogen-bond acceptors (Lipinski definition) is 5. The second-order valence-electron chi connectivity index (χ2n) is 9.20. The average Bonchev–Trinajstić information content (AvgIpc) is 3.25. The molecule has 3 aromatic heterocycles. The summed E-state index contributed by atoms with van der Waals surface area (Å²) in [7, 11) is -1.71. The molecule has 10 heteroatoms. The molecular formula is C20H32BrN5O2Si2. The number of halogens is 1. The van der Waals surface area contributed by atoms with Crippen molar-refractivity contribution in [2.24, 2.45) is 0 Å². The SMILES string of the molecule is C[SiH](C)CCOCn1c(-c2cnn(COCC[Si](C)(C)C)c2)nc2cc(Br)ncc21. The molecule has 0 aliphatic rings. The van der Waals surface area contributed by atoms with Gasteiger partial charge in [0.05, 0.1) is 29.0 Å². The van der Waals surface area contributed by atoms with Crippen LogP contribution in [-0.2, 0) is 22.9 Å². The van der Waals surface area contributed by atoms with Crippen LogP contribution in [0, 0.1) is 0 Å². The Balaban J connectivity index is 1.75. The molecule has 7 nitrogen and oxygen atoms in total. The summed E-state index contributed by atoms with van der Waals surface area (Å²) in [6.45, 7) is 14.2. The van der Waals surface area contributed by atoms with E-state index < -0.39 is 16.9 Å². The topological polar surface area (TPSA) is 67.0 Å². The van der Waals surface area contributed by atoms with Gasteiger partial charge in [-0.3, -0.25) is 4.57 Å². The molecule has 0 atom stereocenters. The lowest BCUT2D eigenvalue weighted by Gasteiger charge is -2.15. The van der Waals surface area contributed by atoms with Gasteiger partial charge in [0.15, 0.2) is 0 Å². The number of aromatic nitrogens is 5. The maximum absolute atomic E-state index is 5.98. The van der Waals surface area contributed by atoms with Gasteiger partial charge in [0.25, 0.3) is 0 Å². The Kier molecular flexibility index (Phi) is 8.02. The molecule has 0 unspecified atom stereocenters. The molecule has 0 aliphatic carbocycles. The van der Waals surface area contributed by atoms with Crippen molar-refractivity contribution in [3.8, 4) is 11.4 Å². The fraction of sp³-hybridized carbons (Fsp3) is 0.550. The Labute approximate surface area is 189 Å². The Morgan fingerprint density at radius 1 is 1.10 bits per heavy atom. The number of imidazole rings is 1. The molecule has 0 fully saturated rings. The Morgan fingerprint density at radius 2 is 1.87 bits per heavy atom. The highest BCUT2D eigenvalue weighted by Gasteiger charge is 2.16. The highest BCUT2D eigenvalue weighted by molar-refractivity contribution is 9.10. The van der Waals surface area contributed by atoms with Crippen LogP contribution in [0.2, 0.25) is 44.8 Å². The van der Waals surface area contributed by atoms with Crippen molar-refractivity contribution in [1.29, 1.82) is 0 Å². The summed E-state index contributed by atoms with van der Waals surface area (Å²) in [4.78, 5) is 9.21. The largest absolute Gasteiger partial charge is 0.361 e. The number of rotatable bonds is 11. The van der Waals surface area contributed by atoms with E-state index in [1.54, 1.807) is 0 Å². The molecule has 3 heterocycles. The summed E-state index contributed by atoms with van der Waals surface area (Å²) in [6.07, 6.45) is 5.65. The maximum atomic E-state index is 5.98. The van der Waals surface area contributed by atoms with Gasteiger partial charge in [-0.2, -0.15) is 5.10 Å². The zero-order valence-corrected chi connectivity index (χ0v) is 22.3. The van der Waals surface area contributed by atoms with Crippen LogP contribution >= 0.6 is 15.9 Å². The standard InChI is InChI=1S/C20H32BrN5O2Si2/c1-29(2)8-6-27-15-26-18-12-22-19(21)10-17(18)24-20(26)16-11-23-25(13-16)14-28-7-9-30(3,4)5/h10-13,29H,6-9,14-15H2,1-5H3. The lowest BCUT2D eigenvalue weighted by Crippen LogP contribution is -2.22. The van der Waals surface area contributed by atoms with E-state index in [0.717, 1.165) is 46.3 Å². The number of nitrogens with zero attached hydrogens (tertiary/aromatic N) is 5. The van der Waals surface area contributed by atoms with Gasteiger partial charge in [0.2, 0.25) is 0 Å². The van der Waals surface area contributed by atoms with Crippen molar-refractivity contribution in [2.45, 2.75) is 58.3 Å². The van der Waals surface area contributed by atoms with E-state index in [0.29, 0.717) is 13.5 Å². The first-order valence-electron chi connectivity index (χ1n) is 10.4. The molecule has 0 bridgehead atoms. The van der Waals surface area contributed by atoms with Crippen molar-refractivity contribution in [1.82, 2.24) is 24.3 Å². The molecule has 30 heavy (non-hydrogen) atoms. The van der Waals surface area contributed by atoms with Crippen LogP contribution in [0.4, 0.5) is 0 Å². The van der Waals surface area contributed by atoms with Crippen molar-refractivity contribution in [3.05, 3.63) is 29.3 Å². The second-order valence-corrected chi connectivity index (χ2v) is 19.0. The summed E-state index contributed by atoms with van der Waals surface area (Å²) in [5, 5.41) is 4.46. The van der Waals surface area contributed by atoms with Crippen LogP contribution in [0.1, 0.15) is 0 Å². The molecule has 0 aliphatic heterocycles. The minimum absolute atomic E-state index is 0.452. The van der Waals surface area contributed by atoms with Gasteiger partial charge in [-0.25, -0.2) is 14.6 Å². The molecule has 3 rings (SSSR count). The summed E-state index contributed by atoms with van der Waals surface area (Å²) >= 11 is 3.44. The monoisotopic (exact) mass is 509 g/mol. The molecule has 0 saturated heterocycles. The molecule has 0 aromatic carbocycles. The highest BCUT2D eigenvalue weighted by Crippen LogP contribution is 2.26. The lowest BCUT2D eigenvalue weighted by molar-refractivity contribution is 0.0786. The number of pyridine rings is 1. The van der Waals surface area contributed by atoms with Crippen molar-refractivity contribution < 1.29 is 9.47 Å². The third-order valence-electron chi connectivity index (χ3n) is 4.77. The van der Waals surface area contributed by atoms with Gasteiger partial charge in [-0.15, -0.1) is 0 Å². The summed E-state index contributed by atoms with van der Waals surface area (Å²) in [6, 6.07) is 4.24. The molecule has 0 radical (unpaired) electrons. The fourth-order valence-corrected chi connectivity index (χ4v) is 4.63. The zero-order valence-electron chi connectivity index (χ0n) is 18.6. The number of fused-ring (bicyclic) bond motifs is 1. The highest BCUT2D eigenvalue weighted by atomic mass is 79.9. The van der Waals surface area contributed by atoms with Gasteiger partial charge >= 0.3 is 0 Å². The molecule has 3 aromatic rings. The molecule has 0 N–H and O–H groups in total. The van der Waals surface area contributed by atoms with Crippen LogP contribution in [0.5, 0.6) is 0 Å². The van der Waals surface area contributed by atoms with Gasteiger partial charge in [-0.1, -0.05) is 32.7 Å². The van der Waals surface area contributed by atoms with E-state index in [-0.39, 0.29) is 0 Å². The smallest absolute Gasteiger partial charge is 0.146 e. The van der Waals surface area contributed by atoms with E-state index >= 15 is 0 Å². The number of ether oxygens (including phenoxy) is 2. The van der Waals surface area contributed by atoms with Gasteiger partial charge < -0.3 is 9.47 Å². The Bertz CT molecular complexity index is 968. The van der Waals surface area contributed by atoms with Crippen LogP contribution in [0.3, 0.4) is 0 Å². The first-order valence-corrected chi connectivity index (χ1v) is 18.1. The summed E-state index contributed by atoms with van der Waals surface area (Å²) < 4.78 is 16.5. The first-order chi connectivity index (χ1) is 14.2. The van der Waals surface area contributed by atoms with Gasteiger partial charge in [0, 0.05) is 36.3 Å². The predicted molar refractivity (Wildman–Crippen MR) is 130 cm³/mol. The van der Waals surface area contributed by atoms with E-state index in [9.17, 15) is 0 Å². The Hall–Kier alpha value is -1.34. The second kappa shape index (κ2) is 10.3. The van der Waals surface area contributed by atoms with E-state index in [1.807, 2.05) is 29.3 Å². The normalized spacial score (nSPS) is 12.4. The predicted octanol–water partition coefficient (Wildman–Crippen LogP) is 4.83. The molecule has 164 valence electrons. The summed E-state index contributed by atoms with van der Waals surface area (Å²) in [5.74, 6) is 0.833. The van der Waals surface area contributed by atoms with Gasteiger partial charge in [0.1, 0.15) is 23.9 Å². The van der Waals surface area contributed by atoms with E-state index in [2.05, 4.69) is 63.3 Å². The minimum atomic E-state index is -1.09. The first kappa shape index (κ1) is 23.3. The quantitative estimate of drug-likeness (QED) is 0.210. The minimum Gasteiger partial charge on any atom is -0.361 e. The molecule has 0 saturated carbocycles. The fourth-order valence-electron chi connectivity index (χ4n) is 2.91. The molecule has 0 amide bonds. The van der Waals surface area contributed by atoms with E-state index in [4.69, 9.17) is 14.5 Å². The third kappa shape index (κ3) is 6.58. The van der Waals surface area contributed by atoms with Crippen molar-refractivity contribution in [2.75, 3.05) is 13.2 Å². The van der Waals surface area contributed by atoms with Crippen molar-refractivity contribution >= 4 is 43.8 Å². The van der Waals surface area contributed by atoms with Crippen LogP contribution in [0.25, 0.3) is 22.4 Å². The number of hydrogen-bond donors (Lipinski definition) is 0.